The van der Waals surface area contributed by atoms with E-state index in [-0.39, 0.29) is 11.8 Å². The third-order valence-electron chi connectivity index (χ3n) is 3.87. The normalized spacial score (nSPS) is 27.7. The van der Waals surface area contributed by atoms with Gasteiger partial charge in [0.2, 0.25) is 10.0 Å². The van der Waals surface area contributed by atoms with Crippen LogP contribution in [0, 0.1) is 23.5 Å². The average Bonchev–Trinajstić information content (AvgIpc) is 2.87. The molecule has 2 fully saturated rings. The van der Waals surface area contributed by atoms with E-state index in [2.05, 4.69) is 5.32 Å². The quantitative estimate of drug-likeness (QED) is 0.876. The van der Waals surface area contributed by atoms with Crippen LogP contribution in [0.5, 0.6) is 0 Å². The van der Waals surface area contributed by atoms with Crippen molar-refractivity contribution < 1.29 is 17.2 Å². The zero-order chi connectivity index (χ0) is 13.6. The minimum Gasteiger partial charge on any atom is -0.316 e. The van der Waals surface area contributed by atoms with Crippen LogP contribution in [-0.4, -0.2) is 38.9 Å². The Morgan fingerprint density at radius 1 is 1.11 bits per heavy atom. The summed E-state index contributed by atoms with van der Waals surface area (Å²) in [7, 11) is -4.09. The monoisotopic (exact) mass is 288 g/mol. The first-order chi connectivity index (χ1) is 9.00. The minimum absolute atomic E-state index is 0.240. The predicted molar refractivity (Wildman–Crippen MR) is 65.0 cm³/mol. The lowest BCUT2D eigenvalue weighted by atomic mass is 10.0. The average molecular weight is 288 g/mol. The Balaban J connectivity index is 1.96. The summed E-state index contributed by atoms with van der Waals surface area (Å²) >= 11 is 0. The molecule has 4 nitrogen and oxygen atoms in total. The number of benzene rings is 1. The first kappa shape index (κ1) is 13.0. The van der Waals surface area contributed by atoms with Crippen molar-refractivity contribution in [1.29, 1.82) is 0 Å². The topological polar surface area (TPSA) is 49.4 Å². The number of hydrogen-bond acceptors (Lipinski definition) is 3. The van der Waals surface area contributed by atoms with Gasteiger partial charge in [0.15, 0.2) is 4.90 Å². The molecule has 0 aromatic heterocycles. The van der Waals surface area contributed by atoms with Gasteiger partial charge in [0.1, 0.15) is 11.6 Å². The lowest BCUT2D eigenvalue weighted by Gasteiger charge is -2.18. The molecule has 0 bridgehead atoms. The van der Waals surface area contributed by atoms with E-state index < -0.39 is 26.6 Å². The van der Waals surface area contributed by atoms with E-state index >= 15 is 0 Å². The Kier molecular flexibility index (Phi) is 3.07. The van der Waals surface area contributed by atoms with Crippen LogP contribution in [0.4, 0.5) is 8.78 Å². The van der Waals surface area contributed by atoms with Crippen molar-refractivity contribution in [3.63, 3.8) is 0 Å². The van der Waals surface area contributed by atoms with Crippen LogP contribution in [0.25, 0.3) is 0 Å². The highest BCUT2D eigenvalue weighted by molar-refractivity contribution is 7.89. The van der Waals surface area contributed by atoms with E-state index in [0.29, 0.717) is 13.1 Å². The molecular formula is C12H14F2N2O2S. The predicted octanol–water partition coefficient (Wildman–Crippen LogP) is 0.805. The smallest absolute Gasteiger partial charge is 0.248 e. The maximum absolute atomic E-state index is 13.6. The Morgan fingerprint density at radius 3 is 2.16 bits per heavy atom. The molecule has 7 heteroatoms. The fourth-order valence-electron chi connectivity index (χ4n) is 2.87. The Hall–Kier alpha value is -1.05. The first-order valence-corrected chi connectivity index (χ1v) is 7.59. The Bertz CT molecular complexity index is 573. The van der Waals surface area contributed by atoms with Crippen LogP contribution in [0.3, 0.4) is 0 Å². The summed E-state index contributed by atoms with van der Waals surface area (Å²) in [6, 6.07) is 3.09. The maximum atomic E-state index is 13.6. The molecular weight excluding hydrogens is 274 g/mol. The highest BCUT2D eigenvalue weighted by atomic mass is 32.2. The first-order valence-electron chi connectivity index (χ1n) is 6.15. The summed E-state index contributed by atoms with van der Waals surface area (Å²) in [5.41, 5.74) is 0. The van der Waals surface area contributed by atoms with E-state index in [1.165, 1.54) is 4.31 Å². The van der Waals surface area contributed by atoms with Crippen LogP contribution >= 0.6 is 0 Å². The van der Waals surface area contributed by atoms with E-state index in [9.17, 15) is 17.2 Å². The second-order valence-electron chi connectivity index (χ2n) is 5.05. The zero-order valence-corrected chi connectivity index (χ0v) is 11.0. The molecule has 0 radical (unpaired) electrons. The van der Waals surface area contributed by atoms with E-state index in [1.807, 2.05) is 0 Å². The van der Waals surface area contributed by atoms with Gasteiger partial charge >= 0.3 is 0 Å². The number of halogens is 2. The van der Waals surface area contributed by atoms with Gasteiger partial charge in [-0.2, -0.15) is 4.31 Å². The molecule has 1 aromatic rings. The molecule has 104 valence electrons. The molecule has 2 atom stereocenters. The molecule has 1 aromatic carbocycles. The standard InChI is InChI=1S/C12H14F2N2O2S/c13-10-2-1-3-11(14)12(10)19(17,18)16-6-8-4-15-5-9(8)7-16/h1-3,8-9,15H,4-7H2/t8-,9+. The summed E-state index contributed by atoms with van der Waals surface area (Å²) in [5, 5.41) is 3.19. The number of sulfonamides is 1. The summed E-state index contributed by atoms with van der Waals surface area (Å²) in [5.74, 6) is -1.58. The summed E-state index contributed by atoms with van der Waals surface area (Å²) < 4.78 is 53.1. The molecule has 0 saturated carbocycles. The van der Waals surface area contributed by atoms with Gasteiger partial charge in [-0.3, -0.25) is 0 Å². The summed E-state index contributed by atoms with van der Waals surface area (Å²) in [6.07, 6.45) is 0. The van der Waals surface area contributed by atoms with Gasteiger partial charge in [-0.05, 0) is 37.1 Å². The Morgan fingerprint density at radius 2 is 1.63 bits per heavy atom. The van der Waals surface area contributed by atoms with Crippen molar-refractivity contribution in [2.24, 2.45) is 11.8 Å². The molecule has 2 aliphatic rings. The molecule has 2 heterocycles. The van der Waals surface area contributed by atoms with E-state index in [0.717, 1.165) is 31.3 Å². The van der Waals surface area contributed by atoms with Gasteiger partial charge in [-0.1, -0.05) is 6.07 Å². The van der Waals surface area contributed by atoms with Crippen molar-refractivity contribution >= 4 is 10.0 Å². The molecule has 2 saturated heterocycles. The van der Waals surface area contributed by atoms with Crippen LogP contribution in [0.15, 0.2) is 23.1 Å². The van der Waals surface area contributed by atoms with Gasteiger partial charge in [0, 0.05) is 13.1 Å². The van der Waals surface area contributed by atoms with Gasteiger partial charge in [-0.15, -0.1) is 0 Å². The molecule has 0 aliphatic carbocycles. The van der Waals surface area contributed by atoms with Crippen molar-refractivity contribution in [3.8, 4) is 0 Å². The molecule has 3 rings (SSSR count). The Labute approximate surface area is 110 Å². The zero-order valence-electron chi connectivity index (χ0n) is 10.1. The van der Waals surface area contributed by atoms with Crippen LogP contribution in [0.2, 0.25) is 0 Å². The molecule has 2 aliphatic heterocycles. The highest BCUT2D eigenvalue weighted by Crippen LogP contribution is 2.32. The third-order valence-corrected chi connectivity index (χ3v) is 5.76. The van der Waals surface area contributed by atoms with Gasteiger partial charge in [0.05, 0.1) is 0 Å². The third kappa shape index (κ3) is 2.05. The highest BCUT2D eigenvalue weighted by Gasteiger charge is 2.43. The number of hydrogen-bond donors (Lipinski definition) is 1. The van der Waals surface area contributed by atoms with Gasteiger partial charge in [0.25, 0.3) is 0 Å². The van der Waals surface area contributed by atoms with Crippen molar-refractivity contribution in [2.75, 3.05) is 26.2 Å². The minimum atomic E-state index is -4.09. The number of fused-ring (bicyclic) bond motifs is 1. The second-order valence-corrected chi connectivity index (χ2v) is 6.93. The lowest BCUT2D eigenvalue weighted by molar-refractivity contribution is 0.434. The summed E-state index contributed by atoms with van der Waals surface area (Å²) in [6.45, 7) is 2.18. The number of nitrogens with one attached hydrogen (secondary N) is 1. The fraction of sp³-hybridized carbons (Fsp3) is 0.500. The second kappa shape index (κ2) is 4.50. The van der Waals surface area contributed by atoms with Gasteiger partial charge in [-0.25, -0.2) is 17.2 Å². The molecule has 19 heavy (non-hydrogen) atoms. The molecule has 0 spiro atoms. The fourth-order valence-corrected chi connectivity index (χ4v) is 4.53. The lowest BCUT2D eigenvalue weighted by Crippen LogP contribution is -2.33. The van der Waals surface area contributed by atoms with Crippen molar-refractivity contribution in [3.05, 3.63) is 29.8 Å². The van der Waals surface area contributed by atoms with Crippen LogP contribution in [-0.2, 0) is 10.0 Å². The van der Waals surface area contributed by atoms with Crippen molar-refractivity contribution in [2.45, 2.75) is 4.90 Å². The van der Waals surface area contributed by atoms with Crippen molar-refractivity contribution in [1.82, 2.24) is 9.62 Å². The largest absolute Gasteiger partial charge is 0.316 e. The molecule has 1 N–H and O–H groups in total. The molecule has 0 unspecified atom stereocenters. The molecule has 0 amide bonds. The van der Waals surface area contributed by atoms with E-state index in [1.54, 1.807) is 0 Å². The van der Waals surface area contributed by atoms with Crippen LogP contribution < -0.4 is 5.32 Å². The maximum Gasteiger partial charge on any atom is 0.248 e. The summed E-state index contributed by atoms with van der Waals surface area (Å²) in [4.78, 5) is -0.831. The van der Waals surface area contributed by atoms with Crippen LogP contribution in [0.1, 0.15) is 0 Å². The number of nitrogens with zero attached hydrogens (tertiary/aromatic N) is 1. The van der Waals surface area contributed by atoms with E-state index in [4.69, 9.17) is 0 Å². The number of rotatable bonds is 2. The SMILES string of the molecule is O=S(=O)(c1c(F)cccc1F)N1C[C@H]2CNC[C@H]2C1. The van der Waals surface area contributed by atoms with Gasteiger partial charge < -0.3 is 5.32 Å².